The fourth-order valence-corrected chi connectivity index (χ4v) is 4.20. The molecule has 1 N–H and O–H groups in total. The van der Waals surface area contributed by atoms with Crippen molar-refractivity contribution in [3.05, 3.63) is 63.7 Å². The van der Waals surface area contributed by atoms with Gasteiger partial charge in [0.05, 0.1) is 27.0 Å². The molecule has 31 heavy (non-hydrogen) atoms. The second-order valence-electron chi connectivity index (χ2n) is 7.60. The number of benzene rings is 1. The molecule has 2 amide bonds. The van der Waals surface area contributed by atoms with Crippen molar-refractivity contribution >= 4 is 40.4 Å². The molecule has 1 aromatic carbocycles. The number of anilines is 1. The van der Waals surface area contributed by atoms with Crippen LogP contribution in [0.2, 0.25) is 5.02 Å². The van der Waals surface area contributed by atoms with Crippen LogP contribution >= 0.6 is 22.9 Å². The van der Waals surface area contributed by atoms with Gasteiger partial charge in [0.15, 0.2) is 0 Å². The van der Waals surface area contributed by atoms with Crippen molar-refractivity contribution in [3.8, 4) is 11.3 Å². The number of hydrogen-bond acceptors (Lipinski definition) is 5. The molecule has 1 saturated carbocycles. The van der Waals surface area contributed by atoms with E-state index in [2.05, 4.69) is 15.3 Å². The van der Waals surface area contributed by atoms with Crippen molar-refractivity contribution in [2.45, 2.75) is 26.2 Å². The Morgan fingerprint density at radius 2 is 2.06 bits per heavy atom. The van der Waals surface area contributed by atoms with Crippen LogP contribution in [0.4, 0.5) is 5.69 Å². The van der Waals surface area contributed by atoms with Gasteiger partial charge in [-0.1, -0.05) is 17.7 Å². The second-order valence-corrected chi connectivity index (χ2v) is 8.99. The van der Waals surface area contributed by atoms with Gasteiger partial charge in [-0.3, -0.25) is 14.6 Å². The van der Waals surface area contributed by atoms with E-state index < -0.39 is 0 Å². The average molecular weight is 455 g/mol. The summed E-state index contributed by atoms with van der Waals surface area (Å²) >= 11 is 8.09. The highest BCUT2D eigenvalue weighted by Crippen LogP contribution is 2.35. The van der Waals surface area contributed by atoms with Gasteiger partial charge in [-0.25, -0.2) is 4.98 Å². The molecule has 0 radical (unpaired) electrons. The van der Waals surface area contributed by atoms with E-state index in [0.29, 0.717) is 41.7 Å². The summed E-state index contributed by atoms with van der Waals surface area (Å²) in [5.41, 5.74) is 2.77. The molecule has 1 aliphatic carbocycles. The number of hydrogen-bond donors (Lipinski definition) is 1. The summed E-state index contributed by atoms with van der Waals surface area (Å²) in [7, 11) is 0. The zero-order chi connectivity index (χ0) is 21.8. The molecule has 6 nitrogen and oxygen atoms in total. The lowest BCUT2D eigenvalue weighted by molar-refractivity contribution is -0.116. The third kappa shape index (κ3) is 5.48. The lowest BCUT2D eigenvalue weighted by Crippen LogP contribution is -2.30. The molecule has 2 aromatic heterocycles. The second kappa shape index (κ2) is 9.58. The van der Waals surface area contributed by atoms with E-state index in [1.54, 1.807) is 47.7 Å². The highest BCUT2D eigenvalue weighted by atomic mass is 35.5. The Balaban J connectivity index is 1.41. The standard InChI is InChI=1S/C23H23ClN4O2S/c1-15(29)28(14-16-2-3-16)21-7-5-17(12-19(21)24)20-6-4-18(13-27-20)23(30)26-9-8-22-25-10-11-31-22/h4-7,10-13,16H,2-3,8-9,14H2,1H3,(H,26,30). The van der Waals surface area contributed by atoms with Crippen molar-refractivity contribution in [1.82, 2.24) is 15.3 Å². The fourth-order valence-electron chi connectivity index (χ4n) is 3.30. The molecule has 0 atom stereocenters. The zero-order valence-electron chi connectivity index (χ0n) is 17.2. The molecule has 4 rings (SSSR count). The normalized spacial score (nSPS) is 13.1. The van der Waals surface area contributed by atoms with Gasteiger partial charge >= 0.3 is 0 Å². The SMILES string of the molecule is CC(=O)N(CC1CC1)c1ccc(-c2ccc(C(=O)NCCc3nccs3)cn2)cc1Cl. The van der Waals surface area contributed by atoms with Crippen LogP contribution in [0.5, 0.6) is 0 Å². The van der Waals surface area contributed by atoms with E-state index in [1.807, 2.05) is 23.6 Å². The van der Waals surface area contributed by atoms with E-state index in [-0.39, 0.29) is 11.8 Å². The van der Waals surface area contributed by atoms with E-state index >= 15 is 0 Å². The van der Waals surface area contributed by atoms with Crippen LogP contribution in [-0.4, -0.2) is 34.9 Å². The van der Waals surface area contributed by atoms with Crippen molar-refractivity contribution in [2.24, 2.45) is 5.92 Å². The van der Waals surface area contributed by atoms with Crippen LogP contribution < -0.4 is 10.2 Å². The highest BCUT2D eigenvalue weighted by Gasteiger charge is 2.27. The molecule has 160 valence electrons. The molecule has 0 unspecified atom stereocenters. The van der Waals surface area contributed by atoms with Crippen LogP contribution in [0.25, 0.3) is 11.3 Å². The maximum absolute atomic E-state index is 12.3. The molecule has 1 fully saturated rings. The third-order valence-electron chi connectivity index (χ3n) is 5.19. The first-order valence-corrected chi connectivity index (χ1v) is 11.5. The topological polar surface area (TPSA) is 75.2 Å². The monoisotopic (exact) mass is 454 g/mol. The largest absolute Gasteiger partial charge is 0.352 e. The lowest BCUT2D eigenvalue weighted by atomic mass is 10.1. The molecular weight excluding hydrogens is 432 g/mol. The Morgan fingerprint density at radius 3 is 2.68 bits per heavy atom. The first-order chi connectivity index (χ1) is 15.0. The Hall–Kier alpha value is -2.77. The van der Waals surface area contributed by atoms with Crippen LogP contribution in [0.3, 0.4) is 0 Å². The van der Waals surface area contributed by atoms with Crippen LogP contribution in [0.1, 0.15) is 35.1 Å². The molecule has 0 saturated heterocycles. The maximum Gasteiger partial charge on any atom is 0.252 e. The van der Waals surface area contributed by atoms with Crippen molar-refractivity contribution in [3.63, 3.8) is 0 Å². The third-order valence-corrected chi connectivity index (χ3v) is 6.33. The van der Waals surface area contributed by atoms with Gasteiger partial charge in [-0.2, -0.15) is 0 Å². The molecule has 2 heterocycles. The number of amides is 2. The Labute approximate surface area is 190 Å². The predicted octanol–water partition coefficient (Wildman–Crippen LogP) is 4.59. The van der Waals surface area contributed by atoms with Crippen molar-refractivity contribution < 1.29 is 9.59 Å². The van der Waals surface area contributed by atoms with Crippen LogP contribution in [-0.2, 0) is 11.2 Å². The van der Waals surface area contributed by atoms with Crippen LogP contribution in [0, 0.1) is 5.92 Å². The first-order valence-electron chi connectivity index (χ1n) is 10.2. The number of aromatic nitrogens is 2. The number of rotatable bonds is 8. The number of carbonyl (C=O) groups excluding carboxylic acids is 2. The van der Waals surface area contributed by atoms with Gasteiger partial charge in [0.1, 0.15) is 0 Å². The van der Waals surface area contributed by atoms with Gasteiger partial charge in [0.25, 0.3) is 5.91 Å². The Kier molecular flexibility index (Phi) is 6.63. The molecule has 0 spiro atoms. The number of nitrogens with one attached hydrogen (secondary N) is 1. The van der Waals surface area contributed by atoms with E-state index in [9.17, 15) is 9.59 Å². The summed E-state index contributed by atoms with van der Waals surface area (Å²) < 4.78 is 0. The summed E-state index contributed by atoms with van der Waals surface area (Å²) in [5.74, 6) is 0.396. The minimum absolute atomic E-state index is 0.00935. The van der Waals surface area contributed by atoms with Gasteiger partial charge in [-0.05, 0) is 43.0 Å². The molecule has 8 heteroatoms. The first kappa shape index (κ1) is 21.5. The smallest absolute Gasteiger partial charge is 0.252 e. The summed E-state index contributed by atoms with van der Waals surface area (Å²) in [4.78, 5) is 34.8. The van der Waals surface area contributed by atoms with Gasteiger partial charge in [0.2, 0.25) is 5.91 Å². The van der Waals surface area contributed by atoms with E-state index in [1.165, 1.54) is 0 Å². The summed E-state index contributed by atoms with van der Waals surface area (Å²) in [6, 6.07) is 9.13. The summed E-state index contributed by atoms with van der Waals surface area (Å²) in [5, 5.41) is 6.31. The highest BCUT2D eigenvalue weighted by molar-refractivity contribution is 7.09. The fraction of sp³-hybridized carbons (Fsp3) is 0.304. The lowest BCUT2D eigenvalue weighted by Gasteiger charge is -2.22. The number of halogens is 1. The number of carbonyl (C=O) groups is 2. The molecule has 3 aromatic rings. The van der Waals surface area contributed by atoms with E-state index in [4.69, 9.17) is 11.6 Å². The number of thiazole rings is 1. The van der Waals surface area contributed by atoms with Crippen LogP contribution in [0.15, 0.2) is 48.1 Å². The molecule has 0 aliphatic heterocycles. The zero-order valence-corrected chi connectivity index (χ0v) is 18.7. The maximum atomic E-state index is 12.3. The average Bonchev–Trinajstić information content (AvgIpc) is 3.44. The summed E-state index contributed by atoms with van der Waals surface area (Å²) in [6.07, 6.45) is 6.35. The van der Waals surface area contributed by atoms with Crippen molar-refractivity contribution in [1.29, 1.82) is 0 Å². The molecular formula is C23H23ClN4O2S. The van der Waals surface area contributed by atoms with Gasteiger partial charge in [0, 0.05) is 49.8 Å². The summed E-state index contributed by atoms with van der Waals surface area (Å²) in [6.45, 7) is 2.80. The quantitative estimate of drug-likeness (QED) is 0.540. The van der Waals surface area contributed by atoms with Gasteiger partial charge in [-0.15, -0.1) is 11.3 Å². The van der Waals surface area contributed by atoms with Gasteiger partial charge < -0.3 is 10.2 Å². The number of pyridine rings is 1. The molecule has 1 aliphatic rings. The Bertz CT molecular complexity index is 1070. The van der Waals surface area contributed by atoms with E-state index in [0.717, 1.165) is 29.1 Å². The molecule has 0 bridgehead atoms. The minimum Gasteiger partial charge on any atom is -0.352 e. The Morgan fingerprint density at radius 1 is 1.23 bits per heavy atom. The predicted molar refractivity (Wildman–Crippen MR) is 124 cm³/mol. The minimum atomic E-state index is -0.166. The number of nitrogens with zero attached hydrogens (tertiary/aromatic N) is 3. The van der Waals surface area contributed by atoms with Crippen molar-refractivity contribution in [2.75, 3.05) is 18.0 Å².